The maximum absolute atomic E-state index is 13.5. The average molecular weight is 354 g/mol. The Hall–Kier alpha value is -3.04. The number of ether oxygens (including phenoxy) is 1. The van der Waals surface area contributed by atoms with Gasteiger partial charge in [-0.15, -0.1) is 0 Å². The van der Waals surface area contributed by atoms with E-state index in [1.165, 1.54) is 31.2 Å². The van der Waals surface area contributed by atoms with Crippen LogP contribution >= 0.6 is 0 Å². The molecule has 3 rings (SSSR count). The Kier molecular flexibility index (Phi) is 4.11. The van der Waals surface area contributed by atoms with Gasteiger partial charge in [0.25, 0.3) is 0 Å². The molecule has 0 saturated carbocycles. The van der Waals surface area contributed by atoms with Crippen LogP contribution in [0.15, 0.2) is 41.9 Å². The van der Waals surface area contributed by atoms with Gasteiger partial charge >= 0.3 is 12.1 Å². The molecular weight excluding hydrogens is 341 g/mol. The third-order valence-corrected chi connectivity index (χ3v) is 3.56. The Morgan fingerprint density at radius 3 is 2.84 bits per heavy atom. The summed E-state index contributed by atoms with van der Waals surface area (Å²) in [6.45, 7) is 1.40. The summed E-state index contributed by atoms with van der Waals surface area (Å²) < 4.78 is 46.5. The van der Waals surface area contributed by atoms with E-state index in [0.717, 1.165) is 11.0 Å². The molecule has 0 bridgehead atoms. The molecule has 132 valence electrons. The topological polar surface area (TPSA) is 89.3 Å². The van der Waals surface area contributed by atoms with Gasteiger partial charge in [0.05, 0.1) is 12.2 Å². The van der Waals surface area contributed by atoms with Gasteiger partial charge in [-0.2, -0.15) is 23.3 Å². The number of aromatic hydroxyl groups is 1. The molecule has 10 heteroatoms. The number of hydrogen-bond donors (Lipinski definition) is 2. The number of carbonyl (C=O) groups is 1. The van der Waals surface area contributed by atoms with Crippen LogP contribution in [-0.4, -0.2) is 38.6 Å². The van der Waals surface area contributed by atoms with Crippen LogP contribution in [0.25, 0.3) is 0 Å². The van der Waals surface area contributed by atoms with Crippen molar-refractivity contribution >= 4 is 11.9 Å². The standard InChI is InChI=1S/C15H13F3N4O3/c1-2-25-13(24)10-11(8-4-3-5-9(23)6-8)22-14(19-7-20-22)21-12(10)15(16,17)18/h3-7,11,23H,2H2,1H3,(H,19,20,21)/t11-/m0/s1. The number of allylic oxidation sites excluding steroid dienone is 1. The quantitative estimate of drug-likeness (QED) is 0.823. The fourth-order valence-electron chi connectivity index (χ4n) is 2.62. The number of halogens is 3. The maximum Gasteiger partial charge on any atom is 0.431 e. The van der Waals surface area contributed by atoms with Gasteiger partial charge in [0, 0.05) is 0 Å². The van der Waals surface area contributed by atoms with E-state index in [4.69, 9.17) is 4.74 Å². The monoisotopic (exact) mass is 354 g/mol. The maximum atomic E-state index is 13.5. The first kappa shape index (κ1) is 16.8. The van der Waals surface area contributed by atoms with Crippen LogP contribution in [0, 0.1) is 0 Å². The molecule has 0 unspecified atom stereocenters. The zero-order chi connectivity index (χ0) is 18.2. The van der Waals surface area contributed by atoms with E-state index in [9.17, 15) is 23.1 Å². The highest BCUT2D eigenvalue weighted by Crippen LogP contribution is 2.41. The molecule has 1 aliphatic rings. The molecule has 0 spiro atoms. The normalized spacial score (nSPS) is 17.0. The molecule has 0 fully saturated rings. The Bertz CT molecular complexity index is 845. The van der Waals surface area contributed by atoms with Crippen molar-refractivity contribution in [3.63, 3.8) is 0 Å². The Morgan fingerprint density at radius 1 is 1.44 bits per heavy atom. The molecule has 0 amide bonds. The van der Waals surface area contributed by atoms with Crippen molar-refractivity contribution in [2.24, 2.45) is 0 Å². The molecule has 0 radical (unpaired) electrons. The number of esters is 1. The Labute approximate surface area is 139 Å². The summed E-state index contributed by atoms with van der Waals surface area (Å²) in [5.41, 5.74) is -1.68. The molecule has 7 nitrogen and oxygen atoms in total. The van der Waals surface area contributed by atoms with Crippen molar-refractivity contribution in [2.75, 3.05) is 11.9 Å². The predicted octanol–water partition coefficient (Wildman–Crippen LogP) is 2.38. The summed E-state index contributed by atoms with van der Waals surface area (Å²) in [6.07, 6.45) is -3.77. The molecule has 25 heavy (non-hydrogen) atoms. The second-order valence-corrected chi connectivity index (χ2v) is 5.16. The van der Waals surface area contributed by atoms with Gasteiger partial charge in [0.2, 0.25) is 5.95 Å². The number of fused-ring (bicyclic) bond motifs is 1. The number of nitrogens with one attached hydrogen (secondary N) is 1. The lowest BCUT2D eigenvalue weighted by Crippen LogP contribution is -2.35. The molecular formula is C15H13F3N4O3. The van der Waals surface area contributed by atoms with Crippen LogP contribution in [0.5, 0.6) is 5.75 Å². The number of carbonyl (C=O) groups excluding carboxylic acids is 1. The molecule has 1 aromatic heterocycles. The lowest BCUT2D eigenvalue weighted by Gasteiger charge is -2.30. The van der Waals surface area contributed by atoms with E-state index < -0.39 is 29.5 Å². The summed E-state index contributed by atoms with van der Waals surface area (Å²) in [5.74, 6) is -1.46. The highest BCUT2D eigenvalue weighted by atomic mass is 19.4. The Morgan fingerprint density at radius 2 is 2.20 bits per heavy atom. The lowest BCUT2D eigenvalue weighted by molar-refractivity contribution is -0.140. The number of phenols is 1. The minimum atomic E-state index is -4.84. The van der Waals surface area contributed by atoms with Gasteiger partial charge < -0.3 is 15.2 Å². The van der Waals surface area contributed by atoms with E-state index in [0.29, 0.717) is 0 Å². The predicted molar refractivity (Wildman–Crippen MR) is 79.6 cm³/mol. The van der Waals surface area contributed by atoms with Crippen molar-refractivity contribution in [3.05, 3.63) is 47.4 Å². The van der Waals surface area contributed by atoms with Gasteiger partial charge in [-0.05, 0) is 24.6 Å². The SMILES string of the molecule is CCOC(=O)C1=C(C(F)(F)F)Nc2ncnn2[C@H]1c1cccc(O)c1. The van der Waals surface area contributed by atoms with E-state index >= 15 is 0 Å². The average Bonchev–Trinajstić information content (AvgIpc) is 3.00. The smallest absolute Gasteiger partial charge is 0.431 e. The van der Waals surface area contributed by atoms with Gasteiger partial charge in [-0.25, -0.2) is 9.48 Å². The zero-order valence-electron chi connectivity index (χ0n) is 12.9. The van der Waals surface area contributed by atoms with Crippen LogP contribution in [0.4, 0.5) is 19.1 Å². The first-order chi connectivity index (χ1) is 11.8. The summed E-state index contributed by atoms with van der Waals surface area (Å²) >= 11 is 0. The molecule has 1 atom stereocenters. The van der Waals surface area contributed by atoms with Crippen molar-refractivity contribution in [3.8, 4) is 5.75 Å². The second kappa shape index (κ2) is 6.11. The van der Waals surface area contributed by atoms with Crippen LogP contribution in [0.2, 0.25) is 0 Å². The number of aromatic nitrogens is 3. The first-order valence-electron chi connectivity index (χ1n) is 7.27. The number of benzene rings is 1. The minimum Gasteiger partial charge on any atom is -0.508 e. The molecule has 1 aliphatic heterocycles. The second-order valence-electron chi connectivity index (χ2n) is 5.16. The van der Waals surface area contributed by atoms with Gasteiger partial charge in [0.1, 0.15) is 23.8 Å². The molecule has 2 heterocycles. The minimum absolute atomic E-state index is 0.0928. The fourth-order valence-corrected chi connectivity index (χ4v) is 2.62. The van der Waals surface area contributed by atoms with Crippen LogP contribution < -0.4 is 5.32 Å². The number of nitrogens with zero attached hydrogens (tertiary/aromatic N) is 3. The van der Waals surface area contributed by atoms with Gasteiger partial charge in [0.15, 0.2) is 0 Å². The van der Waals surface area contributed by atoms with Crippen LogP contribution in [0.3, 0.4) is 0 Å². The van der Waals surface area contributed by atoms with Crippen molar-refractivity contribution in [1.82, 2.24) is 14.8 Å². The summed E-state index contributed by atoms with van der Waals surface area (Å²) in [4.78, 5) is 16.1. The zero-order valence-corrected chi connectivity index (χ0v) is 12.9. The molecule has 2 N–H and O–H groups in total. The number of hydrogen-bond acceptors (Lipinski definition) is 6. The number of rotatable bonds is 3. The largest absolute Gasteiger partial charge is 0.508 e. The van der Waals surface area contributed by atoms with Crippen molar-refractivity contribution in [2.45, 2.75) is 19.1 Å². The van der Waals surface area contributed by atoms with Gasteiger partial charge in [-0.1, -0.05) is 12.1 Å². The third kappa shape index (κ3) is 3.02. The number of anilines is 1. The van der Waals surface area contributed by atoms with Crippen molar-refractivity contribution in [1.29, 1.82) is 0 Å². The van der Waals surface area contributed by atoms with E-state index in [1.54, 1.807) is 0 Å². The third-order valence-electron chi connectivity index (χ3n) is 3.56. The highest BCUT2D eigenvalue weighted by Gasteiger charge is 2.46. The summed E-state index contributed by atoms with van der Waals surface area (Å²) in [5, 5.41) is 15.7. The van der Waals surface area contributed by atoms with Crippen LogP contribution in [-0.2, 0) is 9.53 Å². The summed E-state index contributed by atoms with van der Waals surface area (Å²) in [7, 11) is 0. The molecule has 0 aliphatic carbocycles. The first-order valence-corrected chi connectivity index (χ1v) is 7.27. The summed E-state index contributed by atoms with van der Waals surface area (Å²) in [6, 6.07) is 4.31. The van der Waals surface area contributed by atoms with E-state index in [1.807, 2.05) is 0 Å². The highest BCUT2D eigenvalue weighted by molar-refractivity contribution is 5.92. The van der Waals surface area contributed by atoms with E-state index in [2.05, 4.69) is 15.4 Å². The molecule has 1 aromatic carbocycles. The van der Waals surface area contributed by atoms with Crippen LogP contribution in [0.1, 0.15) is 18.5 Å². The fraction of sp³-hybridized carbons (Fsp3) is 0.267. The molecule has 0 saturated heterocycles. The van der Waals surface area contributed by atoms with Gasteiger partial charge in [-0.3, -0.25) is 0 Å². The van der Waals surface area contributed by atoms with Crippen molar-refractivity contribution < 1.29 is 27.8 Å². The lowest BCUT2D eigenvalue weighted by atomic mass is 9.95. The van der Waals surface area contributed by atoms with E-state index in [-0.39, 0.29) is 23.9 Å². The number of alkyl halides is 3. The Balaban J connectivity index is 2.26. The molecule has 2 aromatic rings. The number of phenolic OH excluding ortho intramolecular Hbond substituents is 1.